The van der Waals surface area contributed by atoms with Crippen LogP contribution in [0.5, 0.6) is 0 Å². The van der Waals surface area contributed by atoms with Crippen LogP contribution in [0.3, 0.4) is 0 Å². The highest BCUT2D eigenvalue weighted by atomic mass is 19.0. The second-order valence-electron chi connectivity index (χ2n) is 2.46. The molecule has 0 heterocycles. The molecule has 0 saturated heterocycles. The first-order valence-electron chi connectivity index (χ1n) is 3.42. The van der Waals surface area contributed by atoms with E-state index in [-0.39, 0.29) is 4.70 Å². The molecule has 6 nitrogen and oxygen atoms in total. The topological polar surface area (TPSA) is 86.3 Å². The molecule has 0 aliphatic heterocycles. The van der Waals surface area contributed by atoms with Crippen LogP contribution in [-0.4, -0.2) is 9.85 Å². The van der Waals surface area contributed by atoms with E-state index in [1.807, 2.05) is 0 Å². The fourth-order valence-electron chi connectivity index (χ4n) is 1.03. The number of aryl methyl sites for hydroxylation is 1. The maximum atomic E-state index is 10.4. The Morgan fingerprint density at radius 3 is 2.07 bits per heavy atom. The van der Waals surface area contributed by atoms with E-state index in [9.17, 15) is 20.2 Å². The molecule has 0 amide bonds. The first-order valence-corrected chi connectivity index (χ1v) is 3.42. The molecule has 7 heteroatoms. The Kier molecular flexibility index (Phi) is 3.64. The third-order valence-electron chi connectivity index (χ3n) is 1.60. The molecule has 0 N–H and O–H groups in total. The van der Waals surface area contributed by atoms with E-state index in [1.54, 1.807) is 0 Å². The summed E-state index contributed by atoms with van der Waals surface area (Å²) in [7, 11) is 0. The van der Waals surface area contributed by atoms with Crippen LogP contribution in [-0.2, 0) is 0 Å². The normalized spacial score (nSPS) is 8.93. The molecule has 1 aromatic rings. The summed E-state index contributed by atoms with van der Waals surface area (Å²) >= 11 is 0. The van der Waals surface area contributed by atoms with E-state index in [0.29, 0.717) is 5.56 Å². The zero-order chi connectivity index (χ0) is 10.0. The van der Waals surface area contributed by atoms with Gasteiger partial charge in [-0.25, -0.2) is 0 Å². The predicted molar refractivity (Wildman–Crippen MR) is 47.0 cm³/mol. The summed E-state index contributed by atoms with van der Waals surface area (Å²) in [5.74, 6) is 0. The van der Waals surface area contributed by atoms with Gasteiger partial charge in [-0.05, 0) is 6.92 Å². The van der Waals surface area contributed by atoms with Gasteiger partial charge in [0.25, 0.3) is 0 Å². The van der Waals surface area contributed by atoms with Gasteiger partial charge in [0, 0.05) is 11.6 Å². The lowest BCUT2D eigenvalue weighted by Gasteiger charge is -1.96. The lowest BCUT2D eigenvalue weighted by atomic mass is 10.2. The zero-order valence-electron chi connectivity index (χ0n) is 7.17. The number of halogens is 1. The van der Waals surface area contributed by atoms with Gasteiger partial charge in [0.05, 0.1) is 9.85 Å². The summed E-state index contributed by atoms with van der Waals surface area (Å²) in [5, 5.41) is 20.8. The van der Waals surface area contributed by atoms with Crippen LogP contribution in [0, 0.1) is 27.2 Å². The van der Waals surface area contributed by atoms with Crippen LogP contribution < -0.4 is 0 Å². The minimum atomic E-state index is -0.759. The average molecular weight is 202 g/mol. The van der Waals surface area contributed by atoms with Gasteiger partial charge in [-0.15, -0.1) is 0 Å². The van der Waals surface area contributed by atoms with E-state index in [4.69, 9.17) is 0 Å². The van der Waals surface area contributed by atoms with E-state index < -0.39 is 21.2 Å². The summed E-state index contributed by atoms with van der Waals surface area (Å²) in [6.45, 7) is 1.46. The van der Waals surface area contributed by atoms with Crippen LogP contribution in [0.25, 0.3) is 0 Å². The molecule has 0 aliphatic rings. The van der Waals surface area contributed by atoms with Crippen molar-refractivity contribution in [3.05, 3.63) is 44.0 Å². The van der Waals surface area contributed by atoms with Crippen LogP contribution in [0.1, 0.15) is 5.56 Å². The monoisotopic (exact) mass is 202 g/mol. The summed E-state index contributed by atoms with van der Waals surface area (Å²) in [6.07, 6.45) is 0. The van der Waals surface area contributed by atoms with Gasteiger partial charge in [0.2, 0.25) is 0 Å². The number of nitro benzene ring substituents is 2. The van der Waals surface area contributed by atoms with Gasteiger partial charge in [-0.3, -0.25) is 24.9 Å². The predicted octanol–water partition coefficient (Wildman–Crippen LogP) is 1.96. The fourth-order valence-corrected chi connectivity index (χ4v) is 1.03. The number of benzene rings is 1. The van der Waals surface area contributed by atoms with Crippen LogP contribution >= 0.6 is 0 Å². The van der Waals surface area contributed by atoms with E-state index >= 15 is 0 Å². The first kappa shape index (κ1) is 11.9. The molecule has 76 valence electrons. The molecule has 14 heavy (non-hydrogen) atoms. The lowest BCUT2D eigenvalue weighted by molar-refractivity contribution is -0.422. The van der Waals surface area contributed by atoms with E-state index in [1.165, 1.54) is 19.1 Å². The van der Waals surface area contributed by atoms with Crippen LogP contribution in [0.4, 0.5) is 16.1 Å². The van der Waals surface area contributed by atoms with Gasteiger partial charge in [0.15, 0.2) is 0 Å². The Morgan fingerprint density at radius 2 is 1.71 bits per heavy atom. The largest absolute Gasteiger partial charge is 0.348 e. The first-order chi connectivity index (χ1) is 6.04. The molecule has 1 rings (SSSR count). The Labute approximate surface area is 77.8 Å². The van der Waals surface area contributed by atoms with E-state index in [2.05, 4.69) is 0 Å². The molecule has 0 radical (unpaired) electrons. The van der Waals surface area contributed by atoms with Gasteiger partial charge < -0.3 is 0 Å². The summed E-state index contributed by atoms with van der Waals surface area (Å²) in [5.41, 5.74) is -0.614. The molecule has 0 saturated carbocycles. The highest BCUT2D eigenvalue weighted by Crippen LogP contribution is 2.29. The van der Waals surface area contributed by atoms with Crippen LogP contribution in [0.15, 0.2) is 18.2 Å². The molecule has 0 atom stereocenters. The van der Waals surface area contributed by atoms with Gasteiger partial charge in [-0.2, -0.15) is 0 Å². The van der Waals surface area contributed by atoms with Crippen LogP contribution in [0.2, 0.25) is 0 Å². The summed E-state index contributed by atoms with van der Waals surface area (Å²) in [4.78, 5) is 19.3. The third kappa shape index (κ3) is 2.00. The number of hydrogen-bond acceptors (Lipinski definition) is 4. The molecule has 0 unspecified atom stereocenters. The quantitative estimate of drug-likeness (QED) is 0.541. The maximum Gasteiger partial charge on any atom is 0.348 e. The van der Waals surface area contributed by atoms with Crippen molar-refractivity contribution >= 4 is 11.4 Å². The highest BCUT2D eigenvalue weighted by molar-refractivity contribution is 5.56. The third-order valence-corrected chi connectivity index (χ3v) is 1.60. The molecular formula is C7H7FN2O4. The van der Waals surface area contributed by atoms with Gasteiger partial charge in [0.1, 0.15) is 0 Å². The molecule has 0 aliphatic carbocycles. The van der Waals surface area contributed by atoms with Crippen molar-refractivity contribution in [3.8, 4) is 0 Å². The Bertz CT molecular complexity index is 380. The second-order valence-corrected chi connectivity index (χ2v) is 2.46. The SMILES string of the molecule is Cc1cccc([N+](=O)[O-])c1[N+](=O)[O-].F. The standard InChI is InChI=1S/C7H6N2O4.FH/c1-5-3-2-4-6(8(10)11)7(5)9(12)13;/h2-4H,1H3;1H. The Balaban J connectivity index is 0.00000169. The van der Waals surface area contributed by atoms with Crippen molar-refractivity contribution in [3.63, 3.8) is 0 Å². The minimum absolute atomic E-state index is 0. The van der Waals surface area contributed by atoms with Crippen molar-refractivity contribution in [2.24, 2.45) is 0 Å². The number of rotatable bonds is 2. The number of nitro groups is 2. The number of para-hydroxylation sites is 1. The van der Waals surface area contributed by atoms with Crippen molar-refractivity contribution in [2.75, 3.05) is 0 Å². The molecular weight excluding hydrogens is 195 g/mol. The number of nitrogens with zero attached hydrogens (tertiary/aromatic N) is 2. The minimum Gasteiger partial charge on any atom is -0.269 e. The lowest BCUT2D eigenvalue weighted by Crippen LogP contribution is -1.98. The molecule has 0 spiro atoms. The van der Waals surface area contributed by atoms with Gasteiger partial charge >= 0.3 is 11.4 Å². The fraction of sp³-hybridized carbons (Fsp3) is 0.143. The zero-order valence-corrected chi connectivity index (χ0v) is 7.17. The molecule has 0 aromatic heterocycles. The maximum absolute atomic E-state index is 10.4. The van der Waals surface area contributed by atoms with Crippen molar-refractivity contribution in [2.45, 2.75) is 6.92 Å². The van der Waals surface area contributed by atoms with Crippen molar-refractivity contribution < 1.29 is 14.6 Å². The Morgan fingerprint density at radius 1 is 1.14 bits per heavy atom. The summed E-state index contributed by atoms with van der Waals surface area (Å²) in [6, 6.07) is 4.00. The summed E-state index contributed by atoms with van der Waals surface area (Å²) < 4.78 is 0. The number of hydrogen-bond donors (Lipinski definition) is 0. The average Bonchev–Trinajstić information content (AvgIpc) is 2.02. The molecule has 0 fully saturated rings. The van der Waals surface area contributed by atoms with Crippen molar-refractivity contribution in [1.82, 2.24) is 0 Å². The molecule has 0 bridgehead atoms. The smallest absolute Gasteiger partial charge is 0.269 e. The highest BCUT2D eigenvalue weighted by Gasteiger charge is 2.25. The second kappa shape index (κ2) is 4.26. The molecule has 1 aromatic carbocycles. The Hall–Kier alpha value is -2.05. The van der Waals surface area contributed by atoms with Gasteiger partial charge in [-0.1, -0.05) is 12.1 Å². The van der Waals surface area contributed by atoms with E-state index in [0.717, 1.165) is 6.07 Å². The van der Waals surface area contributed by atoms with Crippen molar-refractivity contribution in [1.29, 1.82) is 0 Å².